The van der Waals surface area contributed by atoms with Gasteiger partial charge in [-0.3, -0.25) is 0 Å². The minimum atomic E-state index is -0.227. The van der Waals surface area contributed by atoms with Gasteiger partial charge in [-0.15, -0.1) is 0 Å². The third-order valence-corrected chi connectivity index (χ3v) is 3.50. The van der Waals surface area contributed by atoms with Gasteiger partial charge in [-0.1, -0.05) is 22.0 Å². The fourth-order valence-corrected chi connectivity index (χ4v) is 2.21. The highest BCUT2D eigenvalue weighted by Gasteiger charge is 2.11. The van der Waals surface area contributed by atoms with E-state index in [1.807, 2.05) is 25.1 Å². The Bertz CT molecular complexity index is 543. The fourth-order valence-electron chi connectivity index (χ4n) is 1.64. The van der Waals surface area contributed by atoms with Crippen molar-refractivity contribution in [3.8, 4) is 0 Å². The Morgan fingerprint density at radius 3 is 2.61 bits per heavy atom. The van der Waals surface area contributed by atoms with Gasteiger partial charge in [0, 0.05) is 10.0 Å². The first-order valence-electron chi connectivity index (χ1n) is 5.39. The molecule has 1 atom stereocenters. The molecule has 0 spiro atoms. The smallest absolute Gasteiger partial charge is 0.129 e. The zero-order chi connectivity index (χ0) is 13.1. The molecule has 0 fully saturated rings. The molecule has 1 N–H and O–H groups in total. The van der Waals surface area contributed by atoms with E-state index in [0.29, 0.717) is 5.56 Å². The van der Waals surface area contributed by atoms with E-state index in [0.717, 1.165) is 14.8 Å². The van der Waals surface area contributed by atoms with Crippen LogP contribution >= 0.6 is 31.9 Å². The molecule has 94 valence electrons. The topological polar surface area (TPSA) is 24.9 Å². The van der Waals surface area contributed by atoms with Crippen LogP contribution in [0.25, 0.3) is 0 Å². The summed E-state index contributed by atoms with van der Waals surface area (Å²) in [6.45, 7) is 1.91. The fraction of sp³-hybridized carbons (Fsp3) is 0.154. The Labute approximate surface area is 122 Å². The third kappa shape index (κ3) is 3.29. The predicted octanol–water partition coefficient (Wildman–Crippen LogP) is 4.92. The quantitative estimate of drug-likeness (QED) is 0.772. The summed E-state index contributed by atoms with van der Waals surface area (Å²) < 4.78 is 15.3. The van der Waals surface area contributed by atoms with Crippen molar-refractivity contribution in [2.75, 3.05) is 5.32 Å². The van der Waals surface area contributed by atoms with Gasteiger partial charge in [-0.25, -0.2) is 9.37 Å². The molecule has 0 aliphatic heterocycles. The van der Waals surface area contributed by atoms with Gasteiger partial charge in [0.15, 0.2) is 0 Å². The second kappa shape index (κ2) is 5.80. The number of benzene rings is 1. The number of hydrogen-bond donors (Lipinski definition) is 1. The van der Waals surface area contributed by atoms with Gasteiger partial charge >= 0.3 is 0 Å². The van der Waals surface area contributed by atoms with Crippen LogP contribution in [0.2, 0.25) is 0 Å². The normalized spacial score (nSPS) is 12.2. The first-order valence-corrected chi connectivity index (χ1v) is 6.98. The molecule has 0 aliphatic rings. The van der Waals surface area contributed by atoms with Crippen LogP contribution in [0.1, 0.15) is 18.5 Å². The summed E-state index contributed by atoms with van der Waals surface area (Å²) in [5.74, 6) is -0.227. The molecular formula is C13H11Br2FN2. The lowest BCUT2D eigenvalue weighted by Gasteiger charge is -2.16. The van der Waals surface area contributed by atoms with Crippen molar-refractivity contribution in [3.63, 3.8) is 0 Å². The molecule has 0 bridgehead atoms. The molecular weight excluding hydrogens is 363 g/mol. The number of hydrogen-bond acceptors (Lipinski definition) is 2. The van der Waals surface area contributed by atoms with Crippen molar-refractivity contribution >= 4 is 37.5 Å². The summed E-state index contributed by atoms with van der Waals surface area (Å²) >= 11 is 6.52. The zero-order valence-corrected chi connectivity index (χ0v) is 12.8. The largest absolute Gasteiger partial charge is 0.377 e. The summed E-state index contributed by atoms with van der Waals surface area (Å²) in [6.07, 6.45) is 1.71. The third-order valence-electron chi connectivity index (χ3n) is 2.54. The summed E-state index contributed by atoms with van der Waals surface area (Å²) in [5, 5.41) is 3.21. The number of rotatable bonds is 3. The van der Waals surface area contributed by atoms with Crippen LogP contribution in [0.15, 0.2) is 45.6 Å². The van der Waals surface area contributed by atoms with E-state index in [2.05, 4.69) is 42.2 Å². The lowest BCUT2D eigenvalue weighted by atomic mass is 10.1. The molecule has 1 unspecified atom stereocenters. The van der Waals surface area contributed by atoms with Crippen LogP contribution in [0.5, 0.6) is 0 Å². The average Bonchev–Trinajstić information content (AvgIpc) is 2.32. The lowest BCUT2D eigenvalue weighted by molar-refractivity contribution is 0.599. The summed E-state index contributed by atoms with van der Waals surface area (Å²) in [4.78, 5) is 4.12. The van der Waals surface area contributed by atoms with E-state index >= 15 is 0 Å². The second-order valence-electron chi connectivity index (χ2n) is 3.90. The van der Waals surface area contributed by atoms with E-state index < -0.39 is 0 Å². The van der Waals surface area contributed by atoms with Gasteiger partial charge in [-0.2, -0.15) is 0 Å². The van der Waals surface area contributed by atoms with Gasteiger partial charge in [0.2, 0.25) is 0 Å². The van der Waals surface area contributed by atoms with Crippen molar-refractivity contribution in [2.24, 2.45) is 0 Å². The van der Waals surface area contributed by atoms with E-state index in [4.69, 9.17) is 0 Å². The molecule has 0 saturated heterocycles. The molecule has 2 aromatic rings. The molecule has 18 heavy (non-hydrogen) atoms. The van der Waals surface area contributed by atoms with E-state index in [-0.39, 0.29) is 11.9 Å². The maximum Gasteiger partial charge on any atom is 0.129 e. The van der Waals surface area contributed by atoms with E-state index in [9.17, 15) is 4.39 Å². The van der Waals surface area contributed by atoms with Crippen molar-refractivity contribution < 1.29 is 4.39 Å². The van der Waals surface area contributed by atoms with Gasteiger partial charge in [0.1, 0.15) is 10.4 Å². The number of halogens is 3. The first kappa shape index (κ1) is 13.5. The summed E-state index contributed by atoms with van der Waals surface area (Å²) in [6, 6.07) is 8.67. The van der Waals surface area contributed by atoms with Gasteiger partial charge in [-0.05, 0) is 47.1 Å². The van der Waals surface area contributed by atoms with Crippen LogP contribution in [0.4, 0.5) is 10.1 Å². The van der Waals surface area contributed by atoms with Gasteiger partial charge < -0.3 is 5.32 Å². The standard InChI is InChI=1S/C13H11Br2FN2/c1-8(11-4-2-9(14)6-12(11)16)18-10-3-5-13(15)17-7-10/h2-8,18H,1H3. The number of pyridine rings is 1. The van der Waals surface area contributed by atoms with E-state index in [1.165, 1.54) is 6.07 Å². The summed E-state index contributed by atoms with van der Waals surface area (Å²) in [7, 11) is 0. The molecule has 0 aliphatic carbocycles. The Hall–Kier alpha value is -0.940. The predicted molar refractivity (Wildman–Crippen MR) is 78.1 cm³/mol. The average molecular weight is 374 g/mol. The number of anilines is 1. The molecule has 0 amide bonds. The second-order valence-corrected chi connectivity index (χ2v) is 5.63. The van der Waals surface area contributed by atoms with Gasteiger partial charge in [0.05, 0.1) is 17.9 Å². The highest BCUT2D eigenvalue weighted by atomic mass is 79.9. The Balaban J connectivity index is 2.16. The number of aromatic nitrogens is 1. The lowest BCUT2D eigenvalue weighted by Crippen LogP contribution is -2.08. The summed E-state index contributed by atoms with van der Waals surface area (Å²) in [5.41, 5.74) is 1.48. The Morgan fingerprint density at radius 1 is 1.22 bits per heavy atom. The molecule has 2 nitrogen and oxygen atoms in total. The van der Waals surface area contributed by atoms with Gasteiger partial charge in [0.25, 0.3) is 0 Å². The molecule has 5 heteroatoms. The van der Waals surface area contributed by atoms with Crippen molar-refractivity contribution in [1.29, 1.82) is 0 Å². The van der Waals surface area contributed by atoms with Crippen LogP contribution in [-0.4, -0.2) is 4.98 Å². The minimum Gasteiger partial charge on any atom is -0.377 e. The monoisotopic (exact) mass is 372 g/mol. The molecule has 1 aromatic carbocycles. The van der Waals surface area contributed by atoms with E-state index in [1.54, 1.807) is 12.3 Å². The van der Waals surface area contributed by atoms with Crippen molar-refractivity contribution in [2.45, 2.75) is 13.0 Å². The molecule has 0 saturated carbocycles. The molecule has 1 aromatic heterocycles. The maximum absolute atomic E-state index is 13.8. The first-order chi connectivity index (χ1) is 8.56. The SMILES string of the molecule is CC(Nc1ccc(Br)nc1)c1ccc(Br)cc1F. The van der Waals surface area contributed by atoms with Crippen LogP contribution in [0.3, 0.4) is 0 Å². The molecule has 1 heterocycles. The highest BCUT2D eigenvalue weighted by molar-refractivity contribution is 9.10. The highest BCUT2D eigenvalue weighted by Crippen LogP contribution is 2.24. The molecule has 0 radical (unpaired) electrons. The van der Waals surface area contributed by atoms with Crippen LogP contribution in [0, 0.1) is 5.82 Å². The number of nitrogens with one attached hydrogen (secondary N) is 1. The minimum absolute atomic E-state index is 0.124. The Kier molecular flexibility index (Phi) is 4.35. The van der Waals surface area contributed by atoms with Crippen molar-refractivity contribution in [1.82, 2.24) is 4.98 Å². The van der Waals surface area contributed by atoms with Crippen molar-refractivity contribution in [3.05, 3.63) is 57.0 Å². The molecule has 2 rings (SSSR count). The van der Waals surface area contributed by atoms with Crippen LogP contribution < -0.4 is 5.32 Å². The number of nitrogens with zero attached hydrogens (tertiary/aromatic N) is 1. The van der Waals surface area contributed by atoms with Crippen LogP contribution in [-0.2, 0) is 0 Å². The Morgan fingerprint density at radius 2 is 2.00 bits per heavy atom. The maximum atomic E-state index is 13.8. The zero-order valence-electron chi connectivity index (χ0n) is 9.62.